The van der Waals surface area contributed by atoms with E-state index in [-0.39, 0.29) is 6.03 Å². The van der Waals surface area contributed by atoms with Crippen molar-refractivity contribution in [3.05, 3.63) is 42.5 Å². The second-order valence-corrected chi connectivity index (χ2v) is 8.43. The van der Waals surface area contributed by atoms with E-state index in [9.17, 15) is 4.79 Å². The topological polar surface area (TPSA) is 83.5 Å². The summed E-state index contributed by atoms with van der Waals surface area (Å²) < 4.78 is 5.86. The fourth-order valence-corrected chi connectivity index (χ4v) is 4.32. The highest BCUT2D eigenvalue weighted by Gasteiger charge is 2.21. The van der Waals surface area contributed by atoms with Gasteiger partial charge >= 0.3 is 6.03 Å². The van der Waals surface area contributed by atoms with Crippen LogP contribution in [0.25, 0.3) is 0 Å². The first-order valence-corrected chi connectivity index (χ1v) is 11.4. The molecule has 2 aliphatic rings. The third kappa shape index (κ3) is 6.62. The van der Waals surface area contributed by atoms with Crippen LogP contribution in [-0.2, 0) is 6.54 Å². The smallest absolute Gasteiger partial charge is 0.323 e. The number of nitrogens with one attached hydrogen (secondary N) is 1. The van der Waals surface area contributed by atoms with E-state index in [0.717, 1.165) is 44.1 Å². The van der Waals surface area contributed by atoms with Crippen LogP contribution in [0.4, 0.5) is 10.6 Å². The summed E-state index contributed by atoms with van der Waals surface area (Å²) in [5.74, 6) is 2.02. The Kier molecular flexibility index (Phi) is 7.65. The molecular weight excluding hydrogens is 392 g/mol. The number of ether oxygens (including phenoxy) is 1. The number of hydrogen-bond donors (Lipinski definition) is 1. The van der Waals surface area contributed by atoms with Gasteiger partial charge in [0, 0.05) is 57.4 Å². The maximum atomic E-state index is 12.4. The van der Waals surface area contributed by atoms with Crippen molar-refractivity contribution in [3.63, 3.8) is 0 Å². The van der Waals surface area contributed by atoms with E-state index >= 15 is 0 Å². The van der Waals surface area contributed by atoms with E-state index in [4.69, 9.17) is 4.74 Å². The number of anilines is 1. The quantitative estimate of drug-likeness (QED) is 0.732. The fourth-order valence-electron chi connectivity index (χ4n) is 4.32. The van der Waals surface area contributed by atoms with Gasteiger partial charge in [-0.15, -0.1) is 0 Å². The molecule has 3 heterocycles. The van der Waals surface area contributed by atoms with Gasteiger partial charge in [0.25, 0.3) is 0 Å². The Morgan fingerprint density at radius 2 is 1.87 bits per heavy atom. The zero-order chi connectivity index (χ0) is 21.3. The summed E-state index contributed by atoms with van der Waals surface area (Å²) in [6.07, 6.45) is 14.6. The molecule has 1 N–H and O–H groups in total. The Balaban J connectivity index is 1.16. The van der Waals surface area contributed by atoms with Crippen molar-refractivity contribution in [2.45, 2.75) is 45.1 Å². The summed E-state index contributed by atoms with van der Waals surface area (Å²) in [7, 11) is 0. The molecule has 1 aliphatic heterocycles. The molecule has 1 saturated heterocycles. The molecule has 0 unspecified atom stereocenters. The van der Waals surface area contributed by atoms with E-state index in [0.29, 0.717) is 24.8 Å². The second kappa shape index (κ2) is 11.0. The molecule has 1 aliphatic carbocycles. The van der Waals surface area contributed by atoms with E-state index in [1.165, 1.54) is 32.1 Å². The number of piperazine rings is 1. The molecule has 0 aromatic carbocycles. The molecule has 2 aromatic heterocycles. The van der Waals surface area contributed by atoms with Gasteiger partial charge in [0.1, 0.15) is 0 Å². The van der Waals surface area contributed by atoms with Crippen LogP contribution < -0.4 is 10.1 Å². The third-order valence-electron chi connectivity index (χ3n) is 6.16. The Morgan fingerprint density at radius 3 is 2.58 bits per heavy atom. The maximum Gasteiger partial charge on any atom is 0.323 e. The monoisotopic (exact) mass is 424 g/mol. The lowest BCUT2D eigenvalue weighted by Crippen LogP contribution is -2.49. The minimum absolute atomic E-state index is 0.128. The number of aromatic nitrogens is 3. The summed E-state index contributed by atoms with van der Waals surface area (Å²) in [5.41, 5.74) is 1.16. The van der Waals surface area contributed by atoms with Gasteiger partial charge in [0.05, 0.1) is 12.8 Å². The molecular formula is C23H32N6O2. The third-order valence-corrected chi connectivity index (χ3v) is 6.16. The number of rotatable bonds is 7. The molecule has 166 valence electrons. The van der Waals surface area contributed by atoms with Gasteiger partial charge in [-0.3, -0.25) is 15.2 Å². The molecule has 31 heavy (non-hydrogen) atoms. The van der Waals surface area contributed by atoms with E-state index in [1.807, 2.05) is 17.2 Å². The Bertz CT molecular complexity index is 803. The van der Waals surface area contributed by atoms with Gasteiger partial charge < -0.3 is 9.64 Å². The summed E-state index contributed by atoms with van der Waals surface area (Å²) >= 11 is 0. The molecule has 2 fully saturated rings. The van der Waals surface area contributed by atoms with Gasteiger partial charge in [-0.2, -0.15) is 0 Å². The lowest BCUT2D eigenvalue weighted by Gasteiger charge is -2.34. The average Bonchev–Trinajstić information content (AvgIpc) is 2.82. The first kappa shape index (κ1) is 21.5. The summed E-state index contributed by atoms with van der Waals surface area (Å²) in [6, 6.07) is 3.94. The second-order valence-electron chi connectivity index (χ2n) is 8.43. The number of carbonyl (C=O) groups is 1. The first-order chi connectivity index (χ1) is 15.3. The lowest BCUT2D eigenvalue weighted by atomic mass is 9.87. The highest BCUT2D eigenvalue weighted by molar-refractivity contribution is 5.88. The predicted octanol–water partition coefficient (Wildman–Crippen LogP) is 3.57. The number of hydrogen-bond acceptors (Lipinski definition) is 6. The van der Waals surface area contributed by atoms with Crippen molar-refractivity contribution >= 4 is 11.8 Å². The van der Waals surface area contributed by atoms with Crippen molar-refractivity contribution in [2.75, 3.05) is 38.1 Å². The molecule has 0 radical (unpaired) electrons. The van der Waals surface area contributed by atoms with E-state index in [1.54, 1.807) is 18.6 Å². The van der Waals surface area contributed by atoms with Gasteiger partial charge in [-0.25, -0.2) is 14.8 Å². The molecule has 0 spiro atoms. The Morgan fingerprint density at radius 1 is 1.03 bits per heavy atom. The molecule has 8 heteroatoms. The van der Waals surface area contributed by atoms with Crippen LogP contribution in [0.3, 0.4) is 0 Å². The molecule has 2 aromatic rings. The SMILES string of the molecule is O=C(Nc1cnccn1)N1CCN(Cc2ccc(OCCC3CCCCC3)nc2)CC1. The van der Waals surface area contributed by atoms with Crippen molar-refractivity contribution < 1.29 is 9.53 Å². The van der Waals surface area contributed by atoms with Crippen LogP contribution in [-0.4, -0.2) is 63.6 Å². The summed E-state index contributed by atoms with van der Waals surface area (Å²) in [5, 5.41) is 2.79. The molecule has 2 amide bonds. The van der Waals surface area contributed by atoms with Crippen molar-refractivity contribution in [1.29, 1.82) is 0 Å². The van der Waals surface area contributed by atoms with Gasteiger partial charge in [-0.05, 0) is 17.9 Å². The Hall–Kier alpha value is -2.74. The van der Waals surface area contributed by atoms with Crippen molar-refractivity contribution in [3.8, 4) is 5.88 Å². The Labute approximate surface area is 184 Å². The number of carbonyl (C=O) groups excluding carboxylic acids is 1. The molecule has 0 atom stereocenters. The summed E-state index contributed by atoms with van der Waals surface area (Å²) in [6.45, 7) is 4.61. The molecule has 8 nitrogen and oxygen atoms in total. The molecule has 0 bridgehead atoms. The predicted molar refractivity (Wildman–Crippen MR) is 119 cm³/mol. The zero-order valence-electron chi connectivity index (χ0n) is 18.1. The van der Waals surface area contributed by atoms with Gasteiger partial charge in [0.2, 0.25) is 5.88 Å². The minimum atomic E-state index is -0.128. The standard InChI is InChI=1S/C23H32N6O2/c30-23(27-21-17-24-9-10-25-21)29-13-11-28(12-14-29)18-20-6-7-22(26-16-20)31-15-8-19-4-2-1-3-5-19/h6-7,9-10,16-17,19H,1-5,8,11-15,18H2,(H,25,27,30). The average molecular weight is 425 g/mol. The zero-order valence-corrected chi connectivity index (χ0v) is 18.1. The number of urea groups is 1. The van der Waals surface area contributed by atoms with Crippen molar-refractivity contribution in [1.82, 2.24) is 24.8 Å². The highest BCUT2D eigenvalue weighted by Crippen LogP contribution is 2.26. The first-order valence-electron chi connectivity index (χ1n) is 11.4. The van der Waals surface area contributed by atoms with Crippen LogP contribution in [0.1, 0.15) is 44.1 Å². The number of amides is 2. The van der Waals surface area contributed by atoms with Crippen molar-refractivity contribution in [2.24, 2.45) is 5.92 Å². The maximum absolute atomic E-state index is 12.4. The highest BCUT2D eigenvalue weighted by atomic mass is 16.5. The number of pyridine rings is 1. The van der Waals surface area contributed by atoms with Crippen LogP contribution >= 0.6 is 0 Å². The number of nitrogens with zero attached hydrogens (tertiary/aromatic N) is 5. The van der Waals surface area contributed by atoms with Crippen LogP contribution in [0.2, 0.25) is 0 Å². The van der Waals surface area contributed by atoms with Gasteiger partial charge in [-0.1, -0.05) is 38.2 Å². The normalized spacial score (nSPS) is 18.0. The molecule has 4 rings (SSSR count). The van der Waals surface area contributed by atoms with E-state index < -0.39 is 0 Å². The summed E-state index contributed by atoms with van der Waals surface area (Å²) in [4.78, 5) is 29.0. The largest absolute Gasteiger partial charge is 0.478 e. The minimum Gasteiger partial charge on any atom is -0.478 e. The lowest BCUT2D eigenvalue weighted by molar-refractivity contribution is 0.142. The molecule has 1 saturated carbocycles. The fraction of sp³-hybridized carbons (Fsp3) is 0.565. The van der Waals surface area contributed by atoms with Gasteiger partial charge in [0.15, 0.2) is 5.82 Å². The van der Waals surface area contributed by atoms with Crippen LogP contribution in [0, 0.1) is 5.92 Å². The van der Waals surface area contributed by atoms with E-state index in [2.05, 4.69) is 31.2 Å². The van der Waals surface area contributed by atoms with Crippen LogP contribution in [0.5, 0.6) is 5.88 Å². The van der Waals surface area contributed by atoms with Crippen LogP contribution in [0.15, 0.2) is 36.9 Å².